The summed E-state index contributed by atoms with van der Waals surface area (Å²) in [5.74, 6) is 1.55. The smallest absolute Gasteiger partial charge is 0.259 e. The molecule has 0 fully saturated rings. The molecule has 4 rings (SSSR count). The van der Waals surface area contributed by atoms with E-state index in [-0.39, 0.29) is 17.9 Å². The fourth-order valence-electron chi connectivity index (χ4n) is 3.50. The van der Waals surface area contributed by atoms with Gasteiger partial charge in [0.1, 0.15) is 22.2 Å². The maximum absolute atomic E-state index is 12.5. The number of aryl methyl sites for hydroxylation is 3. The molecule has 0 unspecified atom stereocenters. The molecule has 2 N–H and O–H groups in total. The van der Waals surface area contributed by atoms with E-state index in [1.54, 1.807) is 43.8 Å². The predicted octanol–water partition coefficient (Wildman–Crippen LogP) is 3.06. The Hall–Kier alpha value is -2.87. The Morgan fingerprint density at radius 3 is 2.68 bits per heavy atom. The lowest BCUT2D eigenvalue weighted by Gasteiger charge is -2.10. The Morgan fingerprint density at radius 1 is 1.21 bits per heavy atom. The van der Waals surface area contributed by atoms with Gasteiger partial charge in [0.25, 0.3) is 5.56 Å². The lowest BCUT2D eigenvalue weighted by molar-refractivity contribution is -0.116. The van der Waals surface area contributed by atoms with Crippen molar-refractivity contribution in [2.75, 3.05) is 19.5 Å². The lowest BCUT2D eigenvalue weighted by Crippen LogP contribution is -2.16. The van der Waals surface area contributed by atoms with Gasteiger partial charge in [-0.3, -0.25) is 9.59 Å². The number of carbonyl (C=O) groups is 1. The molecule has 1 aliphatic carbocycles. The molecule has 1 amide bonds. The zero-order valence-electron chi connectivity index (χ0n) is 15.8. The zero-order chi connectivity index (χ0) is 19.7. The van der Waals surface area contributed by atoms with E-state index >= 15 is 0 Å². The van der Waals surface area contributed by atoms with Crippen LogP contribution in [-0.4, -0.2) is 30.1 Å². The van der Waals surface area contributed by atoms with Crippen molar-refractivity contribution in [1.29, 1.82) is 0 Å². The van der Waals surface area contributed by atoms with Crippen molar-refractivity contribution < 1.29 is 14.3 Å². The maximum Gasteiger partial charge on any atom is 0.259 e. The minimum absolute atomic E-state index is 0.0997. The molecule has 1 aliphatic rings. The predicted molar refractivity (Wildman–Crippen MR) is 109 cm³/mol. The van der Waals surface area contributed by atoms with Crippen molar-refractivity contribution in [3.63, 3.8) is 0 Å². The number of carbonyl (C=O) groups excluding carboxylic acids is 1. The average Bonchev–Trinajstić information content (AvgIpc) is 3.26. The number of nitrogens with one attached hydrogen (secondary N) is 2. The summed E-state index contributed by atoms with van der Waals surface area (Å²) in [5, 5.41) is 3.56. The summed E-state index contributed by atoms with van der Waals surface area (Å²) in [6.07, 6.45) is 3.65. The quantitative estimate of drug-likeness (QED) is 0.664. The highest BCUT2D eigenvalue weighted by Gasteiger charge is 2.21. The second kappa shape index (κ2) is 7.63. The molecular formula is C20H21N3O4S. The minimum atomic E-state index is -0.174. The monoisotopic (exact) mass is 399 g/mol. The topological polar surface area (TPSA) is 93.3 Å². The largest absolute Gasteiger partial charge is 0.497 e. The van der Waals surface area contributed by atoms with Crippen molar-refractivity contribution in [2.24, 2.45) is 0 Å². The molecule has 0 atom stereocenters. The molecule has 0 saturated heterocycles. The molecule has 0 spiro atoms. The highest BCUT2D eigenvalue weighted by Crippen LogP contribution is 2.34. The first-order chi connectivity index (χ1) is 13.6. The number of rotatable bonds is 6. The van der Waals surface area contributed by atoms with E-state index in [0.717, 1.165) is 35.0 Å². The molecule has 0 saturated carbocycles. The van der Waals surface area contributed by atoms with Gasteiger partial charge in [0.2, 0.25) is 5.91 Å². The molecule has 146 valence electrons. The maximum atomic E-state index is 12.5. The van der Waals surface area contributed by atoms with Crippen LogP contribution in [0.2, 0.25) is 0 Å². The lowest BCUT2D eigenvalue weighted by atomic mass is 10.2. The van der Waals surface area contributed by atoms with Crippen LogP contribution in [0.5, 0.6) is 11.5 Å². The number of fused-ring (bicyclic) bond motifs is 3. The number of amides is 1. The normalized spacial score (nSPS) is 12.8. The number of hydrogen-bond acceptors (Lipinski definition) is 6. The van der Waals surface area contributed by atoms with E-state index in [2.05, 4.69) is 15.3 Å². The molecule has 7 nitrogen and oxygen atoms in total. The summed E-state index contributed by atoms with van der Waals surface area (Å²) >= 11 is 1.60. The van der Waals surface area contributed by atoms with E-state index in [0.29, 0.717) is 29.4 Å². The van der Waals surface area contributed by atoms with Crippen LogP contribution in [0.25, 0.3) is 10.2 Å². The Bertz CT molecular complexity index is 1080. The van der Waals surface area contributed by atoms with Crippen LogP contribution in [0.15, 0.2) is 23.0 Å². The van der Waals surface area contributed by atoms with Crippen LogP contribution in [0, 0.1) is 0 Å². The Balaban J connectivity index is 1.46. The summed E-state index contributed by atoms with van der Waals surface area (Å²) in [6, 6.07) is 5.18. The molecule has 3 aromatic rings. The summed E-state index contributed by atoms with van der Waals surface area (Å²) in [5.41, 5.74) is 1.65. The highest BCUT2D eigenvalue weighted by molar-refractivity contribution is 7.18. The second-order valence-electron chi connectivity index (χ2n) is 6.70. The first-order valence-corrected chi connectivity index (χ1v) is 9.95. The van der Waals surface area contributed by atoms with Crippen molar-refractivity contribution >= 4 is 33.1 Å². The number of ether oxygens (including phenoxy) is 2. The van der Waals surface area contributed by atoms with Gasteiger partial charge in [0.15, 0.2) is 0 Å². The summed E-state index contributed by atoms with van der Waals surface area (Å²) < 4.78 is 10.4. The second-order valence-corrected chi connectivity index (χ2v) is 7.78. The summed E-state index contributed by atoms with van der Waals surface area (Å²) in [4.78, 5) is 34.3. The molecule has 0 aliphatic heterocycles. The van der Waals surface area contributed by atoms with E-state index < -0.39 is 0 Å². The van der Waals surface area contributed by atoms with E-state index in [9.17, 15) is 9.59 Å². The number of anilines is 1. The van der Waals surface area contributed by atoms with Crippen molar-refractivity contribution in [1.82, 2.24) is 9.97 Å². The van der Waals surface area contributed by atoms with Crippen LogP contribution < -0.4 is 20.3 Å². The van der Waals surface area contributed by atoms with Gasteiger partial charge in [-0.05, 0) is 24.8 Å². The highest BCUT2D eigenvalue weighted by atomic mass is 32.1. The van der Waals surface area contributed by atoms with Crippen LogP contribution in [0.3, 0.4) is 0 Å². The molecular weight excluding hydrogens is 378 g/mol. The molecule has 28 heavy (non-hydrogen) atoms. The summed E-state index contributed by atoms with van der Waals surface area (Å²) in [6.45, 7) is 0. The van der Waals surface area contributed by atoms with Gasteiger partial charge in [-0.25, -0.2) is 4.98 Å². The SMILES string of the molecule is COc1cc(NC(=O)CCc2nc3sc4c(c3c(=O)[nH]2)CCC4)cc(OC)c1. The van der Waals surface area contributed by atoms with Gasteiger partial charge in [-0.15, -0.1) is 11.3 Å². The molecule has 1 aromatic carbocycles. The van der Waals surface area contributed by atoms with Gasteiger partial charge in [-0.2, -0.15) is 0 Å². The van der Waals surface area contributed by atoms with Gasteiger partial charge in [-0.1, -0.05) is 0 Å². The third kappa shape index (κ3) is 3.60. The fraction of sp³-hybridized carbons (Fsp3) is 0.350. The third-order valence-electron chi connectivity index (χ3n) is 4.85. The van der Waals surface area contributed by atoms with Gasteiger partial charge < -0.3 is 19.8 Å². The molecule has 8 heteroatoms. The number of hydrogen-bond donors (Lipinski definition) is 2. The van der Waals surface area contributed by atoms with Crippen LogP contribution in [0.4, 0.5) is 5.69 Å². The van der Waals surface area contributed by atoms with Gasteiger partial charge in [0, 0.05) is 41.6 Å². The Labute approximate surface area is 165 Å². The standard InChI is InChI=1S/C20H21N3O4S/c1-26-12-8-11(9-13(10-12)27-2)21-17(24)7-6-16-22-19(25)18-14-4-3-5-15(14)28-20(18)23-16/h8-10H,3-7H2,1-2H3,(H,21,24)(H,22,23,25). The number of methoxy groups -OCH3 is 2. The molecule has 2 aromatic heterocycles. The van der Waals surface area contributed by atoms with E-state index in [1.165, 1.54) is 4.88 Å². The zero-order valence-corrected chi connectivity index (χ0v) is 16.6. The number of H-pyrrole nitrogens is 1. The number of aromatic amines is 1. The Morgan fingerprint density at radius 2 is 1.96 bits per heavy atom. The number of aromatic nitrogens is 2. The van der Waals surface area contributed by atoms with Gasteiger partial charge in [0.05, 0.1) is 19.6 Å². The molecule has 2 heterocycles. The number of benzene rings is 1. The van der Waals surface area contributed by atoms with E-state index in [4.69, 9.17) is 9.47 Å². The van der Waals surface area contributed by atoms with Crippen LogP contribution in [0.1, 0.15) is 29.1 Å². The number of nitrogens with zero attached hydrogens (tertiary/aromatic N) is 1. The number of thiophene rings is 1. The first kappa shape index (κ1) is 18.5. The molecule has 0 radical (unpaired) electrons. The Kier molecular flexibility index (Phi) is 5.04. The average molecular weight is 399 g/mol. The van der Waals surface area contributed by atoms with Crippen LogP contribution in [-0.2, 0) is 24.1 Å². The minimum Gasteiger partial charge on any atom is -0.497 e. The first-order valence-electron chi connectivity index (χ1n) is 9.13. The third-order valence-corrected chi connectivity index (χ3v) is 6.03. The summed E-state index contributed by atoms with van der Waals surface area (Å²) in [7, 11) is 3.11. The van der Waals surface area contributed by atoms with Crippen LogP contribution >= 0.6 is 11.3 Å². The van der Waals surface area contributed by atoms with Crippen molar-refractivity contribution in [3.05, 3.63) is 44.8 Å². The van der Waals surface area contributed by atoms with Crippen molar-refractivity contribution in [3.8, 4) is 11.5 Å². The van der Waals surface area contributed by atoms with E-state index in [1.807, 2.05) is 0 Å². The van der Waals surface area contributed by atoms with Gasteiger partial charge >= 0.3 is 0 Å². The van der Waals surface area contributed by atoms with Crippen molar-refractivity contribution in [2.45, 2.75) is 32.1 Å². The molecule has 0 bridgehead atoms. The fourth-order valence-corrected chi connectivity index (χ4v) is 4.78.